The van der Waals surface area contributed by atoms with E-state index < -0.39 is 0 Å². The maximum Gasteiger partial charge on any atom is 0.266 e. The van der Waals surface area contributed by atoms with Gasteiger partial charge in [0.15, 0.2) is 0 Å². The largest absolute Gasteiger partial charge is 0.313 e. The number of aromatic nitrogens is 2. The first-order chi connectivity index (χ1) is 10.2. The van der Waals surface area contributed by atoms with Crippen LogP contribution in [-0.2, 0) is 6.54 Å². The zero-order valence-electron chi connectivity index (χ0n) is 12.1. The van der Waals surface area contributed by atoms with Gasteiger partial charge < -0.3 is 5.32 Å². The summed E-state index contributed by atoms with van der Waals surface area (Å²) in [6.45, 7) is 2.54. The van der Waals surface area contributed by atoms with Gasteiger partial charge in [-0.3, -0.25) is 9.36 Å². The van der Waals surface area contributed by atoms with Crippen molar-refractivity contribution in [2.45, 2.75) is 13.5 Å². The van der Waals surface area contributed by atoms with Crippen LogP contribution in [0.4, 0.5) is 0 Å². The Morgan fingerprint density at radius 3 is 2.57 bits per heavy atom. The van der Waals surface area contributed by atoms with Crippen LogP contribution in [0.1, 0.15) is 11.4 Å². The molecular weight excluding hydrogens is 262 g/mol. The van der Waals surface area contributed by atoms with Crippen molar-refractivity contribution in [1.82, 2.24) is 14.9 Å². The van der Waals surface area contributed by atoms with E-state index in [2.05, 4.69) is 10.3 Å². The first kappa shape index (κ1) is 13.5. The first-order valence-electron chi connectivity index (χ1n) is 6.93. The van der Waals surface area contributed by atoms with Crippen LogP contribution in [-0.4, -0.2) is 16.6 Å². The van der Waals surface area contributed by atoms with Crippen LogP contribution >= 0.6 is 0 Å². The van der Waals surface area contributed by atoms with Crippen molar-refractivity contribution in [2.75, 3.05) is 7.05 Å². The van der Waals surface area contributed by atoms with Gasteiger partial charge in [-0.25, -0.2) is 4.98 Å². The maximum atomic E-state index is 12.9. The molecule has 1 aromatic heterocycles. The number of hydrogen-bond donors (Lipinski definition) is 1. The molecule has 1 N–H and O–H groups in total. The van der Waals surface area contributed by atoms with E-state index in [-0.39, 0.29) is 5.56 Å². The van der Waals surface area contributed by atoms with Gasteiger partial charge in [0.2, 0.25) is 0 Å². The van der Waals surface area contributed by atoms with E-state index >= 15 is 0 Å². The second-order valence-electron chi connectivity index (χ2n) is 5.00. The highest BCUT2D eigenvalue weighted by molar-refractivity contribution is 5.77. The molecule has 0 radical (unpaired) electrons. The molecule has 2 aromatic carbocycles. The van der Waals surface area contributed by atoms with Crippen molar-refractivity contribution in [3.05, 3.63) is 70.3 Å². The fraction of sp³-hybridized carbons (Fsp3) is 0.176. The number of para-hydroxylation sites is 2. The van der Waals surface area contributed by atoms with Gasteiger partial charge in [0, 0.05) is 0 Å². The van der Waals surface area contributed by atoms with Gasteiger partial charge in [0.05, 0.1) is 23.1 Å². The summed E-state index contributed by atoms with van der Waals surface area (Å²) >= 11 is 0. The molecule has 21 heavy (non-hydrogen) atoms. The van der Waals surface area contributed by atoms with Crippen LogP contribution in [0.2, 0.25) is 0 Å². The predicted molar refractivity (Wildman–Crippen MR) is 84.8 cm³/mol. The van der Waals surface area contributed by atoms with E-state index in [4.69, 9.17) is 0 Å². The zero-order chi connectivity index (χ0) is 14.8. The third kappa shape index (κ3) is 2.34. The maximum absolute atomic E-state index is 12.9. The van der Waals surface area contributed by atoms with Crippen molar-refractivity contribution in [3.63, 3.8) is 0 Å². The number of benzene rings is 2. The number of aryl methyl sites for hydroxylation is 1. The van der Waals surface area contributed by atoms with Crippen LogP contribution in [0.25, 0.3) is 16.6 Å². The highest BCUT2D eigenvalue weighted by atomic mass is 16.1. The fourth-order valence-corrected chi connectivity index (χ4v) is 2.52. The van der Waals surface area contributed by atoms with Gasteiger partial charge >= 0.3 is 0 Å². The molecule has 3 rings (SSSR count). The van der Waals surface area contributed by atoms with Crippen LogP contribution in [0.3, 0.4) is 0 Å². The summed E-state index contributed by atoms with van der Waals surface area (Å²) in [5.41, 5.74) is 2.64. The number of hydrogen-bond acceptors (Lipinski definition) is 3. The van der Waals surface area contributed by atoms with Crippen molar-refractivity contribution in [3.8, 4) is 5.69 Å². The average molecular weight is 279 g/mol. The Hall–Kier alpha value is -2.46. The van der Waals surface area contributed by atoms with E-state index in [1.807, 2.05) is 62.5 Å². The lowest BCUT2D eigenvalue weighted by Gasteiger charge is -2.15. The molecule has 4 heteroatoms. The van der Waals surface area contributed by atoms with E-state index in [0.717, 1.165) is 22.6 Å². The molecule has 0 aliphatic heterocycles. The topological polar surface area (TPSA) is 46.9 Å². The molecule has 0 spiro atoms. The molecule has 0 bridgehead atoms. The van der Waals surface area contributed by atoms with Crippen LogP contribution in [0, 0.1) is 6.92 Å². The quantitative estimate of drug-likeness (QED) is 0.801. The Kier molecular flexibility index (Phi) is 3.54. The Labute approximate surface area is 123 Å². The zero-order valence-corrected chi connectivity index (χ0v) is 12.1. The molecule has 0 fully saturated rings. The standard InChI is InChI=1S/C17H17N3O/c1-12-7-3-6-10-15(12)20-16(11-18-2)19-14-9-5-4-8-13(14)17(20)21/h3-10,18H,11H2,1-2H3. The SMILES string of the molecule is CNCc1nc2ccccc2c(=O)n1-c1ccccc1C. The van der Waals surface area contributed by atoms with Gasteiger partial charge in [-0.15, -0.1) is 0 Å². The van der Waals surface area contributed by atoms with Crippen molar-refractivity contribution >= 4 is 10.9 Å². The summed E-state index contributed by atoms with van der Waals surface area (Å²) in [6.07, 6.45) is 0. The molecule has 0 unspecified atom stereocenters. The molecular formula is C17H17N3O. The second kappa shape index (κ2) is 5.50. The van der Waals surface area contributed by atoms with E-state index in [0.29, 0.717) is 11.9 Å². The Morgan fingerprint density at radius 1 is 1.10 bits per heavy atom. The molecule has 106 valence electrons. The molecule has 0 saturated carbocycles. The molecule has 0 saturated heterocycles. The molecule has 1 heterocycles. The van der Waals surface area contributed by atoms with Gasteiger partial charge in [-0.2, -0.15) is 0 Å². The Balaban J connectivity index is 2.40. The Morgan fingerprint density at radius 2 is 1.81 bits per heavy atom. The summed E-state index contributed by atoms with van der Waals surface area (Å²) in [5, 5.41) is 3.72. The summed E-state index contributed by atoms with van der Waals surface area (Å²) in [6, 6.07) is 15.3. The lowest BCUT2D eigenvalue weighted by Crippen LogP contribution is -2.27. The molecule has 0 atom stereocenters. The number of fused-ring (bicyclic) bond motifs is 1. The van der Waals surface area contributed by atoms with Gasteiger partial charge in [-0.05, 0) is 37.7 Å². The van der Waals surface area contributed by atoms with Gasteiger partial charge in [-0.1, -0.05) is 30.3 Å². The smallest absolute Gasteiger partial charge is 0.266 e. The van der Waals surface area contributed by atoms with Crippen LogP contribution < -0.4 is 10.9 Å². The van der Waals surface area contributed by atoms with Crippen LogP contribution in [0.5, 0.6) is 0 Å². The predicted octanol–water partition coefficient (Wildman–Crippen LogP) is 2.41. The van der Waals surface area contributed by atoms with Crippen LogP contribution in [0.15, 0.2) is 53.3 Å². The number of rotatable bonds is 3. The number of nitrogens with zero attached hydrogens (tertiary/aromatic N) is 2. The molecule has 3 aromatic rings. The second-order valence-corrected chi connectivity index (χ2v) is 5.00. The van der Waals surface area contributed by atoms with Crippen molar-refractivity contribution in [2.24, 2.45) is 0 Å². The molecule has 0 amide bonds. The van der Waals surface area contributed by atoms with E-state index in [9.17, 15) is 4.79 Å². The summed E-state index contributed by atoms with van der Waals surface area (Å²) < 4.78 is 1.70. The van der Waals surface area contributed by atoms with Crippen molar-refractivity contribution in [1.29, 1.82) is 0 Å². The third-order valence-electron chi connectivity index (χ3n) is 3.54. The minimum Gasteiger partial charge on any atom is -0.313 e. The monoisotopic (exact) mass is 279 g/mol. The Bertz CT molecular complexity index is 852. The molecule has 0 aliphatic rings. The van der Waals surface area contributed by atoms with E-state index in [1.54, 1.807) is 4.57 Å². The first-order valence-corrected chi connectivity index (χ1v) is 6.93. The van der Waals surface area contributed by atoms with Gasteiger partial charge in [0.1, 0.15) is 5.82 Å². The minimum atomic E-state index is -0.0276. The van der Waals surface area contributed by atoms with Crippen molar-refractivity contribution < 1.29 is 0 Å². The summed E-state index contributed by atoms with van der Waals surface area (Å²) in [4.78, 5) is 17.5. The number of nitrogens with one attached hydrogen (secondary N) is 1. The third-order valence-corrected chi connectivity index (χ3v) is 3.54. The lowest BCUT2D eigenvalue weighted by atomic mass is 10.2. The molecule has 0 aliphatic carbocycles. The lowest BCUT2D eigenvalue weighted by molar-refractivity contribution is 0.718. The fourth-order valence-electron chi connectivity index (χ4n) is 2.52. The average Bonchev–Trinajstić information content (AvgIpc) is 2.49. The van der Waals surface area contributed by atoms with E-state index in [1.165, 1.54) is 0 Å². The van der Waals surface area contributed by atoms with Gasteiger partial charge in [0.25, 0.3) is 5.56 Å². The molecule has 4 nitrogen and oxygen atoms in total. The highest BCUT2D eigenvalue weighted by Gasteiger charge is 2.13. The normalized spacial score (nSPS) is 11.0. The minimum absolute atomic E-state index is 0.0276. The summed E-state index contributed by atoms with van der Waals surface area (Å²) in [7, 11) is 1.85. The highest BCUT2D eigenvalue weighted by Crippen LogP contribution is 2.16. The summed E-state index contributed by atoms with van der Waals surface area (Å²) in [5.74, 6) is 0.718.